The van der Waals surface area contributed by atoms with E-state index in [9.17, 15) is 8.78 Å². The van der Waals surface area contributed by atoms with Crippen molar-refractivity contribution in [2.75, 3.05) is 36.5 Å². The number of ether oxygens (including phenoxy) is 1. The van der Waals surface area contributed by atoms with Crippen molar-refractivity contribution >= 4 is 23.0 Å². The lowest BCUT2D eigenvalue weighted by Gasteiger charge is -2.30. The summed E-state index contributed by atoms with van der Waals surface area (Å²) >= 11 is 1.54. The van der Waals surface area contributed by atoms with Gasteiger partial charge in [0.15, 0.2) is 10.8 Å². The van der Waals surface area contributed by atoms with E-state index in [1.807, 2.05) is 13.0 Å². The Kier molecular flexibility index (Phi) is 5.23. The van der Waals surface area contributed by atoms with Crippen molar-refractivity contribution in [1.29, 1.82) is 0 Å². The molecule has 1 saturated heterocycles. The van der Waals surface area contributed by atoms with Crippen molar-refractivity contribution in [3.63, 3.8) is 0 Å². The van der Waals surface area contributed by atoms with Crippen LogP contribution in [0.1, 0.15) is 30.6 Å². The Labute approximate surface area is 161 Å². The second-order valence-corrected chi connectivity index (χ2v) is 8.32. The molecule has 27 heavy (non-hydrogen) atoms. The summed E-state index contributed by atoms with van der Waals surface area (Å²) in [6, 6.07) is 1.91. The number of nitrogens with one attached hydrogen (secondary N) is 1. The molecule has 0 unspecified atom stereocenters. The molecule has 0 spiro atoms. The zero-order valence-electron chi connectivity index (χ0n) is 15.3. The zero-order valence-corrected chi connectivity index (χ0v) is 16.1. The van der Waals surface area contributed by atoms with Crippen molar-refractivity contribution in [3.8, 4) is 10.8 Å². The quantitative estimate of drug-likeness (QED) is 0.851. The van der Waals surface area contributed by atoms with Gasteiger partial charge in [0, 0.05) is 49.1 Å². The monoisotopic (exact) mass is 395 g/mol. The van der Waals surface area contributed by atoms with E-state index in [-0.39, 0.29) is 18.9 Å². The minimum atomic E-state index is -2.54. The van der Waals surface area contributed by atoms with E-state index in [4.69, 9.17) is 9.72 Å². The molecule has 0 bridgehead atoms. The minimum Gasteiger partial charge on any atom is -0.378 e. The van der Waals surface area contributed by atoms with E-state index >= 15 is 0 Å². The fraction of sp³-hybridized carbons (Fsp3) is 0.611. The minimum absolute atomic E-state index is 0.00273. The van der Waals surface area contributed by atoms with Gasteiger partial charge in [-0.3, -0.25) is 0 Å². The molecule has 1 aliphatic heterocycles. The third kappa shape index (κ3) is 4.52. The van der Waals surface area contributed by atoms with Crippen LogP contribution in [0.15, 0.2) is 12.3 Å². The number of rotatable bonds is 4. The highest BCUT2D eigenvalue weighted by Gasteiger charge is 2.35. The first-order valence-electron chi connectivity index (χ1n) is 9.27. The molecule has 2 aliphatic rings. The summed E-state index contributed by atoms with van der Waals surface area (Å²) in [5.41, 5.74) is 0. The van der Waals surface area contributed by atoms with Gasteiger partial charge in [0.05, 0.1) is 13.2 Å². The highest BCUT2D eigenvalue weighted by atomic mass is 32.1. The van der Waals surface area contributed by atoms with Crippen LogP contribution in [0.4, 0.5) is 20.4 Å². The van der Waals surface area contributed by atoms with Crippen molar-refractivity contribution in [1.82, 2.24) is 15.0 Å². The van der Waals surface area contributed by atoms with Crippen molar-refractivity contribution < 1.29 is 13.5 Å². The van der Waals surface area contributed by atoms with Gasteiger partial charge >= 0.3 is 0 Å². The van der Waals surface area contributed by atoms with Crippen LogP contribution in [0.2, 0.25) is 0 Å². The maximum atomic E-state index is 13.4. The van der Waals surface area contributed by atoms with Crippen LogP contribution in [-0.4, -0.2) is 53.2 Å². The Morgan fingerprint density at radius 2 is 1.96 bits per heavy atom. The first kappa shape index (κ1) is 18.5. The van der Waals surface area contributed by atoms with E-state index in [1.165, 1.54) is 0 Å². The van der Waals surface area contributed by atoms with Gasteiger partial charge in [-0.2, -0.15) is 0 Å². The van der Waals surface area contributed by atoms with E-state index < -0.39 is 5.92 Å². The SMILES string of the molecule is Cc1cnc(-c2nc(NC3CCC(F)(F)CC3)cc(N3CCOCC3)n2)s1. The number of aromatic nitrogens is 3. The maximum Gasteiger partial charge on any atom is 0.248 e. The molecule has 9 heteroatoms. The number of halogens is 2. The van der Waals surface area contributed by atoms with E-state index in [0.717, 1.165) is 28.8 Å². The molecule has 0 atom stereocenters. The van der Waals surface area contributed by atoms with Gasteiger partial charge in [0.1, 0.15) is 11.6 Å². The molecule has 4 rings (SSSR count). The second kappa shape index (κ2) is 7.63. The molecule has 2 aromatic rings. The van der Waals surface area contributed by atoms with Gasteiger partial charge in [0.25, 0.3) is 0 Å². The summed E-state index contributed by atoms with van der Waals surface area (Å²) in [6.45, 7) is 4.85. The molecule has 3 heterocycles. The third-order valence-electron chi connectivity index (χ3n) is 4.93. The van der Waals surface area contributed by atoms with Crippen molar-refractivity contribution in [2.45, 2.75) is 44.6 Å². The summed E-state index contributed by atoms with van der Waals surface area (Å²) in [5.74, 6) is -0.475. The number of morpholine rings is 1. The molecule has 0 radical (unpaired) electrons. The first-order chi connectivity index (χ1) is 13.0. The van der Waals surface area contributed by atoms with Crippen LogP contribution in [-0.2, 0) is 4.74 Å². The second-order valence-electron chi connectivity index (χ2n) is 7.09. The standard InChI is InChI=1S/C18H23F2N5OS/c1-12-11-21-17(27-12)16-23-14(22-13-2-4-18(19,20)5-3-13)10-15(24-16)25-6-8-26-9-7-25/h10-11,13H,2-9H2,1H3,(H,22,23,24). The number of hydrogen-bond donors (Lipinski definition) is 1. The summed E-state index contributed by atoms with van der Waals surface area (Å²) in [7, 11) is 0. The van der Waals surface area contributed by atoms with Gasteiger partial charge < -0.3 is 15.0 Å². The summed E-state index contributed by atoms with van der Waals surface area (Å²) in [4.78, 5) is 17.0. The van der Waals surface area contributed by atoms with Gasteiger partial charge in [0.2, 0.25) is 5.92 Å². The van der Waals surface area contributed by atoms with Gasteiger partial charge in [-0.05, 0) is 19.8 Å². The van der Waals surface area contributed by atoms with E-state index in [1.54, 1.807) is 17.5 Å². The molecule has 6 nitrogen and oxygen atoms in total. The zero-order chi connectivity index (χ0) is 18.9. The first-order valence-corrected chi connectivity index (χ1v) is 10.1. The maximum absolute atomic E-state index is 13.4. The number of nitrogens with zero attached hydrogens (tertiary/aromatic N) is 4. The number of thiazole rings is 1. The van der Waals surface area contributed by atoms with Crippen LogP contribution >= 0.6 is 11.3 Å². The predicted octanol–water partition coefficient (Wildman–Crippen LogP) is 3.73. The average molecular weight is 395 g/mol. The van der Waals surface area contributed by atoms with Crippen molar-refractivity contribution in [3.05, 3.63) is 17.1 Å². The molecule has 1 aliphatic carbocycles. The molecule has 0 amide bonds. The fourth-order valence-corrected chi connectivity index (χ4v) is 4.11. The summed E-state index contributed by atoms with van der Waals surface area (Å²) in [5, 5.41) is 4.11. The fourth-order valence-electron chi connectivity index (χ4n) is 3.41. The molecular formula is C18H23F2N5OS. The number of hydrogen-bond acceptors (Lipinski definition) is 7. The number of alkyl halides is 2. The smallest absolute Gasteiger partial charge is 0.248 e. The predicted molar refractivity (Wildman–Crippen MR) is 102 cm³/mol. The Bertz CT molecular complexity index is 784. The lowest BCUT2D eigenvalue weighted by molar-refractivity contribution is -0.0361. The molecule has 2 fully saturated rings. The van der Waals surface area contributed by atoms with E-state index in [0.29, 0.717) is 37.7 Å². The third-order valence-corrected chi connectivity index (χ3v) is 5.84. The molecule has 2 aromatic heterocycles. The lowest BCUT2D eigenvalue weighted by atomic mass is 9.92. The average Bonchev–Trinajstić information content (AvgIpc) is 3.10. The molecule has 1 N–H and O–H groups in total. The van der Waals surface area contributed by atoms with Crippen LogP contribution in [0.5, 0.6) is 0 Å². The summed E-state index contributed by atoms with van der Waals surface area (Å²) in [6.07, 6.45) is 2.53. The lowest BCUT2D eigenvalue weighted by Crippen LogP contribution is -2.37. The highest BCUT2D eigenvalue weighted by molar-refractivity contribution is 7.14. The number of aryl methyl sites for hydroxylation is 1. The van der Waals surface area contributed by atoms with Crippen LogP contribution < -0.4 is 10.2 Å². The van der Waals surface area contributed by atoms with E-state index in [2.05, 4.69) is 20.2 Å². The molecule has 0 aromatic carbocycles. The number of anilines is 2. The highest BCUT2D eigenvalue weighted by Crippen LogP contribution is 2.34. The molecule has 146 valence electrons. The van der Waals surface area contributed by atoms with Crippen LogP contribution in [0, 0.1) is 6.92 Å². The molecular weight excluding hydrogens is 372 g/mol. The largest absolute Gasteiger partial charge is 0.378 e. The normalized spacial score (nSPS) is 20.6. The Hall–Kier alpha value is -1.87. The van der Waals surface area contributed by atoms with Crippen LogP contribution in [0.3, 0.4) is 0 Å². The van der Waals surface area contributed by atoms with Gasteiger partial charge in [-0.15, -0.1) is 11.3 Å². The Morgan fingerprint density at radius 3 is 2.63 bits per heavy atom. The Morgan fingerprint density at radius 1 is 1.22 bits per heavy atom. The van der Waals surface area contributed by atoms with Gasteiger partial charge in [-0.1, -0.05) is 0 Å². The summed E-state index contributed by atoms with van der Waals surface area (Å²) < 4.78 is 32.3. The Balaban J connectivity index is 1.59. The van der Waals surface area contributed by atoms with Crippen molar-refractivity contribution in [2.24, 2.45) is 0 Å². The van der Waals surface area contributed by atoms with Gasteiger partial charge in [-0.25, -0.2) is 23.7 Å². The van der Waals surface area contributed by atoms with Crippen LogP contribution in [0.25, 0.3) is 10.8 Å². The molecule has 1 saturated carbocycles. The topological polar surface area (TPSA) is 63.2 Å².